The molecule has 0 aliphatic heterocycles. The van der Waals surface area contributed by atoms with E-state index in [0.29, 0.717) is 0 Å². The standard InChI is InChI=1S/C20H29N3/c21-13-16-23(18-20-11-5-2-6-12-20)15-8-7-14-22-17-19-9-3-1-4-10-19/h1-6,9-12,22H,7-8,13-18,21H2. The molecule has 0 spiro atoms. The molecule has 3 heteroatoms. The van der Waals surface area contributed by atoms with Gasteiger partial charge in [0.25, 0.3) is 0 Å². The highest BCUT2D eigenvalue weighted by molar-refractivity contribution is 5.15. The predicted octanol–water partition coefficient (Wildman–Crippen LogP) is 3.02. The third-order valence-electron chi connectivity index (χ3n) is 3.94. The van der Waals surface area contributed by atoms with Crippen LogP contribution in [0.25, 0.3) is 0 Å². The van der Waals surface area contributed by atoms with Crippen molar-refractivity contribution in [1.82, 2.24) is 10.2 Å². The van der Waals surface area contributed by atoms with Crippen molar-refractivity contribution in [3.8, 4) is 0 Å². The van der Waals surface area contributed by atoms with Crippen LogP contribution in [0.3, 0.4) is 0 Å². The molecule has 23 heavy (non-hydrogen) atoms. The Morgan fingerprint density at radius 2 is 1.43 bits per heavy atom. The summed E-state index contributed by atoms with van der Waals surface area (Å²) < 4.78 is 0. The van der Waals surface area contributed by atoms with Crippen molar-refractivity contribution in [1.29, 1.82) is 0 Å². The van der Waals surface area contributed by atoms with Gasteiger partial charge in [0.1, 0.15) is 0 Å². The fourth-order valence-electron chi connectivity index (χ4n) is 2.71. The predicted molar refractivity (Wildman–Crippen MR) is 98.2 cm³/mol. The fraction of sp³-hybridized carbons (Fsp3) is 0.400. The molecule has 0 heterocycles. The summed E-state index contributed by atoms with van der Waals surface area (Å²) in [5.41, 5.74) is 8.46. The Kier molecular flexibility index (Phi) is 8.41. The zero-order chi connectivity index (χ0) is 16.2. The second-order valence-corrected chi connectivity index (χ2v) is 5.92. The Balaban J connectivity index is 1.60. The van der Waals surface area contributed by atoms with E-state index in [1.807, 2.05) is 0 Å². The monoisotopic (exact) mass is 311 g/mol. The van der Waals surface area contributed by atoms with Crippen LogP contribution in [0, 0.1) is 0 Å². The lowest BCUT2D eigenvalue weighted by atomic mass is 10.2. The Bertz CT molecular complexity index is 513. The van der Waals surface area contributed by atoms with E-state index < -0.39 is 0 Å². The molecule has 124 valence electrons. The van der Waals surface area contributed by atoms with Crippen LogP contribution in [0.15, 0.2) is 60.7 Å². The maximum absolute atomic E-state index is 5.75. The van der Waals surface area contributed by atoms with Crippen LogP contribution in [-0.2, 0) is 13.1 Å². The van der Waals surface area contributed by atoms with Gasteiger partial charge in [-0.05, 0) is 37.1 Å². The number of unbranched alkanes of at least 4 members (excludes halogenated alkanes) is 1. The molecule has 0 fully saturated rings. The van der Waals surface area contributed by atoms with Crippen molar-refractivity contribution in [2.24, 2.45) is 5.73 Å². The van der Waals surface area contributed by atoms with Crippen LogP contribution in [-0.4, -0.2) is 31.1 Å². The molecule has 0 saturated carbocycles. The van der Waals surface area contributed by atoms with Crippen LogP contribution >= 0.6 is 0 Å². The maximum atomic E-state index is 5.75. The summed E-state index contributed by atoms with van der Waals surface area (Å²) in [5, 5.41) is 3.51. The van der Waals surface area contributed by atoms with Crippen LogP contribution in [0.5, 0.6) is 0 Å². The molecule has 0 atom stereocenters. The van der Waals surface area contributed by atoms with Crippen LogP contribution in [0.1, 0.15) is 24.0 Å². The minimum atomic E-state index is 0.721. The second-order valence-electron chi connectivity index (χ2n) is 5.92. The normalized spacial score (nSPS) is 11.0. The average Bonchev–Trinajstić information content (AvgIpc) is 2.60. The molecule has 0 amide bonds. The minimum absolute atomic E-state index is 0.721. The summed E-state index contributed by atoms with van der Waals surface area (Å²) in [6.07, 6.45) is 2.40. The Morgan fingerprint density at radius 3 is 2.09 bits per heavy atom. The summed E-state index contributed by atoms with van der Waals surface area (Å²) >= 11 is 0. The topological polar surface area (TPSA) is 41.3 Å². The van der Waals surface area contributed by atoms with E-state index in [1.165, 1.54) is 24.0 Å². The van der Waals surface area contributed by atoms with Crippen molar-refractivity contribution >= 4 is 0 Å². The van der Waals surface area contributed by atoms with Gasteiger partial charge in [-0.2, -0.15) is 0 Å². The quantitative estimate of drug-likeness (QED) is 0.627. The lowest BCUT2D eigenvalue weighted by molar-refractivity contribution is 0.266. The molecule has 0 bridgehead atoms. The van der Waals surface area contributed by atoms with Crippen molar-refractivity contribution < 1.29 is 0 Å². The van der Waals surface area contributed by atoms with E-state index in [1.54, 1.807) is 0 Å². The number of rotatable bonds is 11. The Morgan fingerprint density at radius 1 is 0.783 bits per heavy atom. The number of nitrogens with one attached hydrogen (secondary N) is 1. The number of hydrogen-bond acceptors (Lipinski definition) is 3. The summed E-state index contributed by atoms with van der Waals surface area (Å²) in [4.78, 5) is 2.45. The van der Waals surface area contributed by atoms with Gasteiger partial charge in [-0.3, -0.25) is 4.90 Å². The first-order valence-electron chi connectivity index (χ1n) is 8.59. The van der Waals surface area contributed by atoms with E-state index in [0.717, 1.165) is 39.3 Å². The van der Waals surface area contributed by atoms with E-state index in [2.05, 4.69) is 70.9 Å². The molecule has 0 aliphatic rings. The van der Waals surface area contributed by atoms with Crippen LogP contribution in [0.4, 0.5) is 0 Å². The highest BCUT2D eigenvalue weighted by Crippen LogP contribution is 2.05. The van der Waals surface area contributed by atoms with E-state index in [9.17, 15) is 0 Å². The molecule has 2 rings (SSSR count). The largest absolute Gasteiger partial charge is 0.329 e. The van der Waals surface area contributed by atoms with Gasteiger partial charge in [-0.1, -0.05) is 60.7 Å². The molecule has 0 radical (unpaired) electrons. The van der Waals surface area contributed by atoms with Gasteiger partial charge < -0.3 is 11.1 Å². The first-order chi connectivity index (χ1) is 11.4. The molecular formula is C20H29N3. The molecular weight excluding hydrogens is 282 g/mol. The van der Waals surface area contributed by atoms with Gasteiger partial charge >= 0.3 is 0 Å². The van der Waals surface area contributed by atoms with Gasteiger partial charge in [0, 0.05) is 26.2 Å². The van der Waals surface area contributed by atoms with Gasteiger partial charge in [-0.25, -0.2) is 0 Å². The average molecular weight is 311 g/mol. The molecule has 0 aliphatic carbocycles. The van der Waals surface area contributed by atoms with Crippen molar-refractivity contribution in [2.75, 3.05) is 26.2 Å². The molecule has 2 aromatic carbocycles. The number of hydrogen-bond donors (Lipinski definition) is 2. The third-order valence-corrected chi connectivity index (χ3v) is 3.94. The van der Waals surface area contributed by atoms with Crippen molar-refractivity contribution in [2.45, 2.75) is 25.9 Å². The van der Waals surface area contributed by atoms with Gasteiger partial charge in [0.2, 0.25) is 0 Å². The van der Waals surface area contributed by atoms with E-state index >= 15 is 0 Å². The summed E-state index contributed by atoms with van der Waals surface area (Å²) in [6.45, 7) is 5.81. The van der Waals surface area contributed by atoms with Gasteiger partial charge in [0.15, 0.2) is 0 Å². The third kappa shape index (κ3) is 7.42. The lowest BCUT2D eigenvalue weighted by Gasteiger charge is -2.21. The van der Waals surface area contributed by atoms with Gasteiger partial charge in [0.05, 0.1) is 0 Å². The SMILES string of the molecule is NCCN(CCCCNCc1ccccc1)Cc1ccccc1. The van der Waals surface area contributed by atoms with Crippen molar-refractivity contribution in [3.63, 3.8) is 0 Å². The second kappa shape index (κ2) is 10.9. The van der Waals surface area contributed by atoms with Crippen LogP contribution < -0.4 is 11.1 Å². The summed E-state index contributed by atoms with van der Waals surface area (Å²) in [5.74, 6) is 0. The maximum Gasteiger partial charge on any atom is 0.0234 e. The zero-order valence-corrected chi connectivity index (χ0v) is 14.0. The van der Waals surface area contributed by atoms with Gasteiger partial charge in [-0.15, -0.1) is 0 Å². The highest BCUT2D eigenvalue weighted by atomic mass is 15.1. The first kappa shape index (κ1) is 17.7. The lowest BCUT2D eigenvalue weighted by Crippen LogP contribution is -2.30. The molecule has 2 aromatic rings. The molecule has 0 unspecified atom stereocenters. The molecule has 3 N–H and O–H groups in total. The minimum Gasteiger partial charge on any atom is -0.329 e. The molecule has 0 aromatic heterocycles. The first-order valence-corrected chi connectivity index (χ1v) is 8.59. The fourth-order valence-corrected chi connectivity index (χ4v) is 2.71. The highest BCUT2D eigenvalue weighted by Gasteiger charge is 2.04. The van der Waals surface area contributed by atoms with Crippen LogP contribution in [0.2, 0.25) is 0 Å². The van der Waals surface area contributed by atoms with E-state index in [4.69, 9.17) is 5.73 Å². The molecule has 0 saturated heterocycles. The summed E-state index contributed by atoms with van der Waals surface area (Å²) in [7, 11) is 0. The van der Waals surface area contributed by atoms with Crippen molar-refractivity contribution in [3.05, 3.63) is 71.8 Å². The number of nitrogens with zero attached hydrogens (tertiary/aromatic N) is 1. The zero-order valence-electron chi connectivity index (χ0n) is 14.0. The number of nitrogens with two attached hydrogens (primary N) is 1. The Hall–Kier alpha value is -1.68. The number of benzene rings is 2. The van der Waals surface area contributed by atoms with E-state index in [-0.39, 0.29) is 0 Å². The molecule has 3 nitrogen and oxygen atoms in total. The Labute approximate surface area is 140 Å². The smallest absolute Gasteiger partial charge is 0.0234 e. The summed E-state index contributed by atoms with van der Waals surface area (Å²) in [6, 6.07) is 21.2.